The molecule has 0 aromatic heterocycles. The van der Waals surface area contributed by atoms with Crippen molar-refractivity contribution in [3.05, 3.63) is 64.2 Å². The second-order valence-electron chi connectivity index (χ2n) is 8.00. The van der Waals surface area contributed by atoms with Crippen LogP contribution in [-0.2, 0) is 9.59 Å². The Kier molecular flexibility index (Phi) is 8.00. The van der Waals surface area contributed by atoms with Gasteiger partial charge in [0.1, 0.15) is 17.3 Å². The minimum absolute atomic E-state index is 0.0415. The van der Waals surface area contributed by atoms with Crippen LogP contribution in [0.2, 0.25) is 5.02 Å². The second-order valence-corrected chi connectivity index (χ2v) is 8.41. The van der Waals surface area contributed by atoms with Crippen LogP contribution in [-0.4, -0.2) is 67.5 Å². The van der Waals surface area contributed by atoms with Gasteiger partial charge in [0.05, 0.1) is 30.4 Å². The van der Waals surface area contributed by atoms with E-state index < -0.39 is 17.7 Å². The van der Waals surface area contributed by atoms with Gasteiger partial charge in [-0.05, 0) is 69.9 Å². The Morgan fingerprint density at radius 2 is 1.85 bits per heavy atom. The second kappa shape index (κ2) is 10.7. The first kappa shape index (κ1) is 24.6. The van der Waals surface area contributed by atoms with E-state index in [2.05, 4.69) is 0 Å². The van der Waals surface area contributed by atoms with Gasteiger partial charge in [0, 0.05) is 12.1 Å². The number of benzene rings is 2. The molecule has 0 saturated carbocycles. The van der Waals surface area contributed by atoms with Crippen molar-refractivity contribution in [2.45, 2.75) is 19.4 Å². The van der Waals surface area contributed by atoms with Crippen molar-refractivity contribution >= 4 is 29.1 Å². The van der Waals surface area contributed by atoms with Gasteiger partial charge < -0.3 is 24.4 Å². The molecule has 1 aliphatic rings. The molecule has 1 unspecified atom stereocenters. The Bertz CT molecular complexity index is 1050. The molecular weight excluding hydrogens is 444 g/mol. The number of rotatable bonds is 9. The Hall–Kier alpha value is -3.03. The van der Waals surface area contributed by atoms with Gasteiger partial charge in [0.2, 0.25) is 0 Å². The van der Waals surface area contributed by atoms with E-state index in [4.69, 9.17) is 21.1 Å². The number of carbonyl (C=O) groups is 2. The quantitative estimate of drug-likeness (QED) is 0.336. The molecule has 2 aromatic rings. The minimum Gasteiger partial charge on any atom is -0.507 e. The molecule has 1 fully saturated rings. The van der Waals surface area contributed by atoms with Crippen LogP contribution in [0.4, 0.5) is 0 Å². The molecule has 1 N–H and O–H groups in total. The molecule has 3 rings (SSSR count). The first-order valence-electron chi connectivity index (χ1n) is 10.8. The maximum Gasteiger partial charge on any atom is 0.295 e. The summed E-state index contributed by atoms with van der Waals surface area (Å²) in [6.07, 6.45) is 0.683. The lowest BCUT2D eigenvalue weighted by molar-refractivity contribution is -0.139. The molecule has 1 amide bonds. The molecule has 0 radical (unpaired) electrons. The third kappa shape index (κ3) is 5.31. The number of nitrogens with zero attached hydrogens (tertiary/aromatic N) is 2. The van der Waals surface area contributed by atoms with E-state index in [0.717, 1.165) is 6.54 Å². The number of likely N-dealkylation sites (tertiary alicyclic amines) is 1. The summed E-state index contributed by atoms with van der Waals surface area (Å²) in [6.45, 7) is 3.35. The lowest BCUT2D eigenvalue weighted by Crippen LogP contribution is -2.32. The summed E-state index contributed by atoms with van der Waals surface area (Å²) in [5.41, 5.74) is 1.10. The van der Waals surface area contributed by atoms with Crippen LogP contribution in [0, 0.1) is 0 Å². The van der Waals surface area contributed by atoms with E-state index in [-0.39, 0.29) is 11.3 Å². The number of Topliss-reactive ketones (excluding diaryl/α,β-unsaturated/α-hetero) is 1. The molecule has 7 nitrogen and oxygen atoms in total. The van der Waals surface area contributed by atoms with E-state index in [9.17, 15) is 14.7 Å². The smallest absolute Gasteiger partial charge is 0.295 e. The SMILES string of the molecule is CCOc1cc(/C(O)=C2/C(=O)C(=O)N(CCCN(C)C)C2c2ccc(OC)cc2)ccc1Cl. The van der Waals surface area contributed by atoms with Crippen molar-refractivity contribution in [1.29, 1.82) is 0 Å². The van der Waals surface area contributed by atoms with Crippen LogP contribution < -0.4 is 9.47 Å². The summed E-state index contributed by atoms with van der Waals surface area (Å²) in [6, 6.07) is 11.2. The number of carbonyl (C=O) groups excluding carboxylic acids is 2. The Morgan fingerprint density at radius 3 is 2.45 bits per heavy atom. The maximum absolute atomic E-state index is 13.1. The van der Waals surface area contributed by atoms with Crippen molar-refractivity contribution in [1.82, 2.24) is 9.80 Å². The van der Waals surface area contributed by atoms with Gasteiger partial charge in [0.25, 0.3) is 11.7 Å². The maximum atomic E-state index is 13.1. The third-order valence-corrected chi connectivity index (χ3v) is 5.79. The van der Waals surface area contributed by atoms with Crippen molar-refractivity contribution in [2.24, 2.45) is 0 Å². The Labute approximate surface area is 199 Å². The number of halogens is 1. The predicted octanol–water partition coefficient (Wildman–Crippen LogP) is 4.12. The topological polar surface area (TPSA) is 79.3 Å². The summed E-state index contributed by atoms with van der Waals surface area (Å²) >= 11 is 6.18. The number of aliphatic hydroxyl groups excluding tert-OH is 1. The van der Waals surface area contributed by atoms with Gasteiger partial charge in [-0.25, -0.2) is 0 Å². The fraction of sp³-hybridized carbons (Fsp3) is 0.360. The van der Waals surface area contributed by atoms with E-state index >= 15 is 0 Å². The lowest BCUT2D eigenvalue weighted by atomic mass is 9.95. The van der Waals surface area contributed by atoms with Crippen LogP contribution in [0.5, 0.6) is 11.5 Å². The molecule has 1 atom stereocenters. The van der Waals surface area contributed by atoms with E-state index in [1.807, 2.05) is 25.9 Å². The molecule has 8 heteroatoms. The van der Waals surface area contributed by atoms with Crippen molar-refractivity contribution in [3.63, 3.8) is 0 Å². The molecule has 0 aliphatic carbocycles. The lowest BCUT2D eigenvalue weighted by Gasteiger charge is -2.26. The molecule has 2 aromatic carbocycles. The summed E-state index contributed by atoms with van der Waals surface area (Å²) in [5, 5.41) is 11.6. The Morgan fingerprint density at radius 1 is 1.15 bits per heavy atom. The van der Waals surface area contributed by atoms with Crippen molar-refractivity contribution in [2.75, 3.05) is 40.9 Å². The first-order chi connectivity index (χ1) is 15.8. The van der Waals surface area contributed by atoms with Crippen LogP contribution in [0.1, 0.15) is 30.5 Å². The highest BCUT2D eigenvalue weighted by Crippen LogP contribution is 2.40. The summed E-state index contributed by atoms with van der Waals surface area (Å²) < 4.78 is 10.8. The average Bonchev–Trinajstić information content (AvgIpc) is 3.05. The number of ether oxygens (including phenoxy) is 2. The molecule has 1 aliphatic heterocycles. The molecule has 33 heavy (non-hydrogen) atoms. The van der Waals surface area contributed by atoms with Crippen LogP contribution in [0.3, 0.4) is 0 Å². The van der Waals surface area contributed by atoms with E-state index in [1.54, 1.807) is 49.6 Å². The van der Waals surface area contributed by atoms with Crippen molar-refractivity contribution in [3.8, 4) is 11.5 Å². The standard InChI is InChI=1S/C25H29ClN2O5/c1-5-33-20-15-17(9-12-19(20)26)23(29)21-22(16-7-10-18(32-4)11-8-16)28(25(31)24(21)30)14-6-13-27(2)3/h7-12,15,22,29H,5-6,13-14H2,1-4H3/b23-21-. The van der Waals surface area contributed by atoms with Gasteiger partial charge >= 0.3 is 0 Å². The summed E-state index contributed by atoms with van der Waals surface area (Å²) in [4.78, 5) is 29.7. The van der Waals surface area contributed by atoms with Crippen LogP contribution in [0.15, 0.2) is 48.0 Å². The van der Waals surface area contributed by atoms with Gasteiger partial charge in [0.15, 0.2) is 0 Å². The Balaban J connectivity index is 2.10. The van der Waals surface area contributed by atoms with Gasteiger partial charge in [-0.1, -0.05) is 23.7 Å². The number of ketones is 1. The van der Waals surface area contributed by atoms with E-state index in [1.165, 1.54) is 4.90 Å². The largest absolute Gasteiger partial charge is 0.507 e. The number of hydrogen-bond acceptors (Lipinski definition) is 6. The molecule has 0 bridgehead atoms. The van der Waals surface area contributed by atoms with Gasteiger partial charge in [-0.3, -0.25) is 9.59 Å². The first-order valence-corrected chi connectivity index (χ1v) is 11.2. The monoisotopic (exact) mass is 472 g/mol. The molecular formula is C25H29ClN2O5. The zero-order valence-corrected chi connectivity index (χ0v) is 20.1. The highest BCUT2D eigenvalue weighted by Gasteiger charge is 2.45. The minimum atomic E-state index is -0.718. The molecule has 1 heterocycles. The third-order valence-electron chi connectivity index (χ3n) is 5.48. The highest BCUT2D eigenvalue weighted by molar-refractivity contribution is 6.46. The summed E-state index contributed by atoms with van der Waals surface area (Å²) in [7, 11) is 5.47. The fourth-order valence-corrected chi connectivity index (χ4v) is 4.05. The molecule has 1 saturated heterocycles. The average molecular weight is 473 g/mol. The van der Waals surface area contributed by atoms with Crippen LogP contribution in [0.25, 0.3) is 5.76 Å². The number of methoxy groups -OCH3 is 1. The number of amides is 1. The summed E-state index contributed by atoms with van der Waals surface area (Å²) in [5.74, 6) is -0.560. The zero-order valence-electron chi connectivity index (χ0n) is 19.3. The zero-order chi connectivity index (χ0) is 24.1. The van der Waals surface area contributed by atoms with Gasteiger partial charge in [-0.15, -0.1) is 0 Å². The molecule has 0 spiro atoms. The normalized spacial score (nSPS) is 17.6. The molecule has 176 valence electrons. The number of hydrogen-bond donors (Lipinski definition) is 1. The van der Waals surface area contributed by atoms with Gasteiger partial charge in [-0.2, -0.15) is 0 Å². The van der Waals surface area contributed by atoms with Crippen molar-refractivity contribution < 1.29 is 24.2 Å². The number of aliphatic hydroxyl groups is 1. The highest BCUT2D eigenvalue weighted by atomic mass is 35.5. The van der Waals surface area contributed by atoms with Crippen LogP contribution >= 0.6 is 11.6 Å². The predicted molar refractivity (Wildman–Crippen MR) is 128 cm³/mol. The fourth-order valence-electron chi connectivity index (χ4n) is 3.87. The van der Waals surface area contributed by atoms with E-state index in [0.29, 0.717) is 47.2 Å².